The van der Waals surface area contributed by atoms with Gasteiger partial charge in [-0.25, -0.2) is 4.39 Å². The molecular formula is C27H31FN2O4. The Hall–Kier alpha value is -3.16. The van der Waals surface area contributed by atoms with E-state index in [1.165, 1.54) is 24.3 Å². The van der Waals surface area contributed by atoms with Crippen molar-refractivity contribution < 1.29 is 24.1 Å². The first-order chi connectivity index (χ1) is 16.4. The van der Waals surface area contributed by atoms with Crippen LogP contribution in [0.3, 0.4) is 0 Å². The SMILES string of the molecule is CC(C)c1ccc(-c2c(C(=O)c3ccc(F)cc3)c(O)c(O)n2CCCN2CCOCC2)cc1. The maximum Gasteiger partial charge on any atom is 0.235 e. The molecule has 0 unspecified atom stereocenters. The Kier molecular flexibility index (Phi) is 7.34. The number of nitrogens with zero attached hydrogens (tertiary/aromatic N) is 2. The summed E-state index contributed by atoms with van der Waals surface area (Å²) in [6, 6.07) is 13.0. The molecular weight excluding hydrogens is 435 g/mol. The first-order valence-electron chi connectivity index (χ1n) is 11.7. The summed E-state index contributed by atoms with van der Waals surface area (Å²) in [5, 5.41) is 21.7. The van der Waals surface area contributed by atoms with E-state index in [-0.39, 0.29) is 17.0 Å². The van der Waals surface area contributed by atoms with Gasteiger partial charge in [0.2, 0.25) is 5.88 Å². The summed E-state index contributed by atoms with van der Waals surface area (Å²) in [5.41, 5.74) is 2.59. The van der Waals surface area contributed by atoms with Crippen LogP contribution in [-0.2, 0) is 11.3 Å². The zero-order valence-corrected chi connectivity index (χ0v) is 19.6. The molecule has 0 aliphatic carbocycles. The van der Waals surface area contributed by atoms with Crippen molar-refractivity contribution in [2.24, 2.45) is 0 Å². The second-order valence-electron chi connectivity index (χ2n) is 8.97. The molecule has 2 aromatic carbocycles. The number of halogens is 1. The van der Waals surface area contributed by atoms with Gasteiger partial charge in [-0.3, -0.25) is 9.69 Å². The van der Waals surface area contributed by atoms with Crippen LogP contribution in [0.1, 0.15) is 47.7 Å². The second-order valence-corrected chi connectivity index (χ2v) is 8.97. The van der Waals surface area contributed by atoms with Gasteiger partial charge in [0.05, 0.1) is 24.5 Å². The lowest BCUT2D eigenvalue weighted by Gasteiger charge is -2.26. The molecule has 180 valence electrons. The molecule has 2 N–H and O–H groups in total. The van der Waals surface area contributed by atoms with Gasteiger partial charge in [-0.2, -0.15) is 0 Å². The van der Waals surface area contributed by atoms with E-state index < -0.39 is 17.3 Å². The molecule has 6 nitrogen and oxygen atoms in total. The summed E-state index contributed by atoms with van der Waals surface area (Å²) in [7, 11) is 0. The fourth-order valence-corrected chi connectivity index (χ4v) is 4.37. The highest BCUT2D eigenvalue weighted by Crippen LogP contribution is 2.42. The Morgan fingerprint density at radius 3 is 2.26 bits per heavy atom. The van der Waals surface area contributed by atoms with Gasteiger partial charge in [-0.15, -0.1) is 0 Å². The number of carbonyl (C=O) groups excluding carboxylic acids is 1. The molecule has 3 aromatic rings. The molecule has 4 rings (SSSR count). The molecule has 1 saturated heterocycles. The summed E-state index contributed by atoms with van der Waals surface area (Å²) < 4.78 is 20.4. The molecule has 0 saturated carbocycles. The third kappa shape index (κ3) is 5.00. The van der Waals surface area contributed by atoms with Crippen LogP contribution in [0.25, 0.3) is 11.3 Å². The van der Waals surface area contributed by atoms with E-state index in [4.69, 9.17) is 4.74 Å². The zero-order valence-electron chi connectivity index (χ0n) is 19.6. The van der Waals surface area contributed by atoms with Crippen molar-refractivity contribution in [3.05, 3.63) is 71.0 Å². The summed E-state index contributed by atoms with van der Waals surface area (Å²) in [6.45, 7) is 8.58. The van der Waals surface area contributed by atoms with Gasteiger partial charge < -0.3 is 19.5 Å². The quantitative estimate of drug-likeness (QED) is 0.467. The molecule has 1 aromatic heterocycles. The van der Waals surface area contributed by atoms with Crippen LogP contribution in [0.5, 0.6) is 11.6 Å². The standard InChI is InChI=1S/C27H31FN2O4/c1-18(2)19-4-6-20(7-5-19)24-23(25(31)21-8-10-22(28)11-9-21)26(32)27(33)30(24)13-3-12-29-14-16-34-17-15-29/h4-11,18,32-33H,3,12-17H2,1-2H3. The molecule has 1 aliphatic rings. The Labute approximate surface area is 199 Å². The number of hydrogen-bond donors (Lipinski definition) is 2. The topological polar surface area (TPSA) is 74.9 Å². The highest BCUT2D eigenvalue weighted by atomic mass is 19.1. The van der Waals surface area contributed by atoms with E-state index in [0.717, 1.165) is 37.2 Å². The van der Waals surface area contributed by atoms with Crippen molar-refractivity contribution in [2.75, 3.05) is 32.8 Å². The lowest BCUT2D eigenvalue weighted by Crippen LogP contribution is -2.37. The maximum atomic E-state index is 13.4. The third-order valence-electron chi connectivity index (χ3n) is 6.36. The smallest absolute Gasteiger partial charge is 0.235 e. The maximum absolute atomic E-state index is 13.4. The average Bonchev–Trinajstić information content (AvgIpc) is 3.10. The molecule has 0 spiro atoms. The highest BCUT2D eigenvalue weighted by molar-refractivity contribution is 6.15. The molecule has 34 heavy (non-hydrogen) atoms. The monoisotopic (exact) mass is 466 g/mol. The van der Waals surface area contributed by atoms with Crippen molar-refractivity contribution in [3.8, 4) is 22.9 Å². The van der Waals surface area contributed by atoms with Crippen LogP contribution < -0.4 is 0 Å². The van der Waals surface area contributed by atoms with Crippen LogP contribution in [0.4, 0.5) is 4.39 Å². The summed E-state index contributed by atoms with van der Waals surface area (Å²) >= 11 is 0. The average molecular weight is 467 g/mol. The normalized spacial score (nSPS) is 14.6. The molecule has 7 heteroatoms. The van der Waals surface area contributed by atoms with E-state index in [0.29, 0.717) is 31.4 Å². The number of ether oxygens (including phenoxy) is 1. The summed E-state index contributed by atoms with van der Waals surface area (Å²) in [4.78, 5) is 15.7. The molecule has 0 atom stereocenters. The van der Waals surface area contributed by atoms with Crippen molar-refractivity contribution in [1.29, 1.82) is 0 Å². The molecule has 1 aliphatic heterocycles. The third-order valence-corrected chi connectivity index (χ3v) is 6.36. The minimum Gasteiger partial charge on any atom is -0.503 e. The first-order valence-corrected chi connectivity index (χ1v) is 11.7. The molecule has 0 radical (unpaired) electrons. The lowest BCUT2D eigenvalue weighted by atomic mass is 9.96. The van der Waals surface area contributed by atoms with Gasteiger partial charge in [0.25, 0.3) is 0 Å². The predicted molar refractivity (Wildman–Crippen MR) is 129 cm³/mol. The van der Waals surface area contributed by atoms with Crippen LogP contribution in [0, 0.1) is 5.82 Å². The summed E-state index contributed by atoms with van der Waals surface area (Å²) in [5.74, 6) is -1.37. The predicted octanol–water partition coefficient (Wildman–Crippen LogP) is 4.78. The van der Waals surface area contributed by atoms with E-state index >= 15 is 0 Å². The summed E-state index contributed by atoms with van der Waals surface area (Å²) in [6.07, 6.45) is 0.725. The second kappa shape index (κ2) is 10.4. The van der Waals surface area contributed by atoms with Gasteiger partial charge in [-0.05, 0) is 47.7 Å². The molecule has 0 bridgehead atoms. The molecule has 2 heterocycles. The van der Waals surface area contributed by atoms with E-state index in [2.05, 4.69) is 18.7 Å². The molecule has 0 amide bonds. The van der Waals surface area contributed by atoms with Gasteiger partial charge >= 0.3 is 0 Å². The fraction of sp³-hybridized carbons (Fsp3) is 0.370. The van der Waals surface area contributed by atoms with Crippen molar-refractivity contribution in [2.45, 2.75) is 32.7 Å². The Balaban J connectivity index is 1.72. The number of carbonyl (C=O) groups is 1. The van der Waals surface area contributed by atoms with Crippen molar-refractivity contribution in [1.82, 2.24) is 9.47 Å². The molecule has 1 fully saturated rings. The van der Waals surface area contributed by atoms with Crippen LogP contribution in [-0.4, -0.2) is 58.3 Å². The minimum atomic E-state index is -0.470. The van der Waals surface area contributed by atoms with Gasteiger partial charge in [0, 0.05) is 31.7 Å². The first kappa shape index (κ1) is 24.0. The van der Waals surface area contributed by atoms with E-state index in [9.17, 15) is 19.4 Å². The number of rotatable bonds is 8. The van der Waals surface area contributed by atoms with Crippen LogP contribution >= 0.6 is 0 Å². The fourth-order valence-electron chi connectivity index (χ4n) is 4.37. The van der Waals surface area contributed by atoms with Gasteiger partial charge in [0.15, 0.2) is 11.5 Å². The van der Waals surface area contributed by atoms with Crippen LogP contribution in [0.15, 0.2) is 48.5 Å². The Morgan fingerprint density at radius 1 is 1.00 bits per heavy atom. The van der Waals surface area contributed by atoms with E-state index in [1.54, 1.807) is 4.57 Å². The number of morpholine rings is 1. The minimum absolute atomic E-state index is 0.0211. The van der Waals surface area contributed by atoms with E-state index in [1.807, 2.05) is 24.3 Å². The lowest BCUT2D eigenvalue weighted by molar-refractivity contribution is 0.0369. The highest BCUT2D eigenvalue weighted by Gasteiger charge is 2.29. The number of aromatic nitrogens is 1. The van der Waals surface area contributed by atoms with Gasteiger partial charge in [-0.1, -0.05) is 38.1 Å². The largest absolute Gasteiger partial charge is 0.503 e. The van der Waals surface area contributed by atoms with Crippen LogP contribution in [0.2, 0.25) is 0 Å². The zero-order chi connectivity index (χ0) is 24.2. The number of ketones is 1. The number of aromatic hydroxyl groups is 2. The Morgan fingerprint density at radius 2 is 1.65 bits per heavy atom. The number of benzene rings is 2. The van der Waals surface area contributed by atoms with Crippen molar-refractivity contribution in [3.63, 3.8) is 0 Å². The Bertz CT molecular complexity index is 1130. The number of hydrogen-bond acceptors (Lipinski definition) is 5. The van der Waals surface area contributed by atoms with Gasteiger partial charge in [0.1, 0.15) is 5.82 Å². The van der Waals surface area contributed by atoms with Crippen molar-refractivity contribution >= 4 is 5.78 Å².